The Hall–Kier alpha value is -2.17. The smallest absolute Gasteiger partial charge is 0.343 e. The van der Waals surface area contributed by atoms with Crippen LogP contribution in [0.5, 0.6) is 5.75 Å². The Morgan fingerprint density at radius 1 is 1.39 bits per heavy atom. The largest absolute Gasteiger partial charge is 0.419 e. The van der Waals surface area contributed by atoms with E-state index in [1.54, 1.807) is 25.6 Å². The van der Waals surface area contributed by atoms with Crippen molar-refractivity contribution < 1.29 is 13.9 Å². The van der Waals surface area contributed by atoms with Gasteiger partial charge in [-0.3, -0.25) is 4.68 Å². The third-order valence-electron chi connectivity index (χ3n) is 2.70. The van der Waals surface area contributed by atoms with Crippen LogP contribution in [0.15, 0.2) is 24.3 Å². The third-order valence-corrected chi connectivity index (χ3v) is 2.70. The van der Waals surface area contributed by atoms with E-state index in [2.05, 4.69) is 5.10 Å². The summed E-state index contributed by atoms with van der Waals surface area (Å²) in [5, 5.41) is 4.14. The van der Waals surface area contributed by atoms with Crippen LogP contribution in [0.25, 0.3) is 0 Å². The number of aryl methyl sites for hydroxylation is 2. The zero-order valence-electron chi connectivity index (χ0n) is 10.4. The molecule has 0 radical (unpaired) electrons. The van der Waals surface area contributed by atoms with Gasteiger partial charge in [0.1, 0.15) is 11.5 Å². The lowest BCUT2D eigenvalue weighted by atomic mass is 10.2. The first-order chi connectivity index (χ1) is 8.49. The van der Waals surface area contributed by atoms with Crippen molar-refractivity contribution in [2.24, 2.45) is 7.05 Å². The fraction of sp³-hybridized carbons (Fsp3) is 0.231. The molecule has 5 heteroatoms. The van der Waals surface area contributed by atoms with Gasteiger partial charge in [0, 0.05) is 7.05 Å². The molecule has 0 aliphatic rings. The Balaban J connectivity index is 2.27. The van der Waals surface area contributed by atoms with Crippen LogP contribution in [0, 0.1) is 19.7 Å². The Bertz CT molecular complexity index is 605. The Kier molecular flexibility index (Phi) is 3.14. The van der Waals surface area contributed by atoms with Crippen molar-refractivity contribution in [1.82, 2.24) is 9.78 Å². The van der Waals surface area contributed by atoms with E-state index in [1.165, 1.54) is 18.2 Å². The molecule has 0 spiro atoms. The molecule has 2 rings (SSSR count). The number of hydrogen-bond donors (Lipinski definition) is 0. The van der Waals surface area contributed by atoms with Crippen molar-refractivity contribution >= 4 is 5.97 Å². The quantitative estimate of drug-likeness (QED) is 0.766. The molecule has 0 saturated heterocycles. The third kappa shape index (κ3) is 2.25. The number of nitrogens with zero attached hydrogens (tertiary/aromatic N) is 2. The number of carbonyl (C=O) groups is 1. The zero-order valence-corrected chi connectivity index (χ0v) is 10.4. The second kappa shape index (κ2) is 4.60. The summed E-state index contributed by atoms with van der Waals surface area (Å²) < 4.78 is 19.9. The van der Waals surface area contributed by atoms with Crippen LogP contribution < -0.4 is 4.74 Å². The molecule has 2 aromatic rings. The molecule has 18 heavy (non-hydrogen) atoms. The number of aromatic nitrogens is 2. The van der Waals surface area contributed by atoms with Crippen molar-refractivity contribution in [3.8, 4) is 5.75 Å². The van der Waals surface area contributed by atoms with Crippen LogP contribution in [0.4, 0.5) is 4.39 Å². The van der Waals surface area contributed by atoms with Crippen LogP contribution in [0.2, 0.25) is 0 Å². The first kappa shape index (κ1) is 12.3. The van der Waals surface area contributed by atoms with Gasteiger partial charge in [0.2, 0.25) is 0 Å². The van der Waals surface area contributed by atoms with Crippen LogP contribution in [0.1, 0.15) is 21.7 Å². The highest BCUT2D eigenvalue weighted by atomic mass is 19.1. The summed E-state index contributed by atoms with van der Waals surface area (Å²) >= 11 is 0. The molecule has 1 aromatic carbocycles. The van der Waals surface area contributed by atoms with E-state index in [4.69, 9.17) is 4.74 Å². The van der Waals surface area contributed by atoms with Gasteiger partial charge in [0.15, 0.2) is 5.75 Å². The summed E-state index contributed by atoms with van der Waals surface area (Å²) in [6.07, 6.45) is 0. The van der Waals surface area contributed by atoms with Crippen LogP contribution >= 0.6 is 0 Å². The summed E-state index contributed by atoms with van der Waals surface area (Å²) in [5.41, 5.74) is 1.55. The highest BCUT2D eigenvalue weighted by Gasteiger charge is 2.16. The highest BCUT2D eigenvalue weighted by molar-refractivity contribution is 5.91. The number of hydrogen-bond acceptors (Lipinski definition) is 3. The normalized spacial score (nSPS) is 10.4. The lowest BCUT2D eigenvalue weighted by Crippen LogP contribution is -2.09. The molecule has 0 aliphatic heterocycles. The van der Waals surface area contributed by atoms with Gasteiger partial charge in [0.05, 0.1) is 11.3 Å². The summed E-state index contributed by atoms with van der Waals surface area (Å²) in [5.74, 6) is -0.635. The SMILES string of the molecule is Cc1nn(C)c(C)c1OC(=O)c1cccc(F)c1. The Morgan fingerprint density at radius 3 is 2.67 bits per heavy atom. The first-order valence-electron chi connectivity index (χ1n) is 5.47. The van der Waals surface area contributed by atoms with E-state index in [0.717, 1.165) is 11.8 Å². The lowest BCUT2D eigenvalue weighted by molar-refractivity contribution is 0.0731. The number of carbonyl (C=O) groups excluding carboxylic acids is 1. The van der Waals surface area contributed by atoms with Crippen LogP contribution in [-0.4, -0.2) is 15.7 Å². The fourth-order valence-corrected chi connectivity index (χ4v) is 1.67. The molecule has 0 fully saturated rings. The standard InChI is InChI=1S/C13H13FN2O2/c1-8-12(9(2)16(3)15-8)18-13(17)10-5-4-6-11(14)7-10/h4-7H,1-3H3. The van der Waals surface area contributed by atoms with Gasteiger partial charge in [0.25, 0.3) is 0 Å². The predicted molar refractivity (Wildman–Crippen MR) is 64.0 cm³/mol. The van der Waals surface area contributed by atoms with Crippen molar-refractivity contribution in [2.75, 3.05) is 0 Å². The molecular weight excluding hydrogens is 235 g/mol. The van der Waals surface area contributed by atoms with E-state index >= 15 is 0 Å². The van der Waals surface area contributed by atoms with Crippen molar-refractivity contribution in [3.63, 3.8) is 0 Å². The van der Waals surface area contributed by atoms with Crippen molar-refractivity contribution in [2.45, 2.75) is 13.8 Å². The molecule has 0 amide bonds. The van der Waals surface area contributed by atoms with Crippen molar-refractivity contribution in [3.05, 3.63) is 47.0 Å². The Morgan fingerprint density at radius 2 is 2.11 bits per heavy atom. The molecular formula is C13H13FN2O2. The number of halogens is 1. The van der Waals surface area contributed by atoms with Gasteiger partial charge >= 0.3 is 5.97 Å². The van der Waals surface area contributed by atoms with Gasteiger partial charge in [-0.25, -0.2) is 9.18 Å². The molecule has 4 nitrogen and oxygen atoms in total. The maximum Gasteiger partial charge on any atom is 0.343 e. The van der Waals surface area contributed by atoms with Gasteiger partial charge < -0.3 is 4.74 Å². The maximum atomic E-state index is 13.0. The molecule has 0 aliphatic carbocycles. The second-order valence-electron chi connectivity index (χ2n) is 4.02. The van der Waals surface area contributed by atoms with Gasteiger partial charge in [-0.15, -0.1) is 0 Å². The predicted octanol–water partition coefficient (Wildman–Crippen LogP) is 2.40. The minimum atomic E-state index is -0.589. The molecule has 0 atom stereocenters. The van der Waals surface area contributed by atoms with E-state index < -0.39 is 11.8 Å². The molecule has 0 N–H and O–H groups in total. The first-order valence-corrected chi connectivity index (χ1v) is 5.47. The zero-order chi connectivity index (χ0) is 13.3. The number of benzene rings is 1. The van der Waals surface area contributed by atoms with Gasteiger partial charge in [-0.2, -0.15) is 5.10 Å². The molecule has 94 valence electrons. The van der Waals surface area contributed by atoms with Gasteiger partial charge in [-0.1, -0.05) is 6.07 Å². The average molecular weight is 248 g/mol. The van der Waals surface area contributed by atoms with Crippen LogP contribution in [0.3, 0.4) is 0 Å². The van der Waals surface area contributed by atoms with Gasteiger partial charge in [-0.05, 0) is 32.0 Å². The fourth-order valence-electron chi connectivity index (χ4n) is 1.67. The molecule has 1 heterocycles. The summed E-state index contributed by atoms with van der Waals surface area (Å²) in [6, 6.07) is 5.39. The lowest BCUT2D eigenvalue weighted by Gasteiger charge is -2.04. The monoisotopic (exact) mass is 248 g/mol. The minimum Gasteiger partial charge on any atom is -0.419 e. The molecule has 1 aromatic heterocycles. The molecule has 0 saturated carbocycles. The summed E-state index contributed by atoms with van der Waals surface area (Å²) in [6.45, 7) is 3.55. The van der Waals surface area contributed by atoms with E-state index in [1.807, 2.05) is 0 Å². The minimum absolute atomic E-state index is 0.178. The number of rotatable bonds is 2. The van der Waals surface area contributed by atoms with E-state index in [-0.39, 0.29) is 5.56 Å². The summed E-state index contributed by atoms with van der Waals surface area (Å²) in [7, 11) is 1.77. The number of esters is 1. The highest BCUT2D eigenvalue weighted by Crippen LogP contribution is 2.22. The van der Waals surface area contributed by atoms with E-state index in [9.17, 15) is 9.18 Å². The number of ether oxygens (including phenoxy) is 1. The summed E-state index contributed by atoms with van der Waals surface area (Å²) in [4.78, 5) is 11.9. The molecule has 0 bridgehead atoms. The molecule has 0 unspecified atom stereocenters. The maximum absolute atomic E-state index is 13.0. The Labute approximate surface area is 104 Å². The second-order valence-corrected chi connectivity index (χ2v) is 4.02. The van der Waals surface area contributed by atoms with Crippen molar-refractivity contribution in [1.29, 1.82) is 0 Å². The average Bonchev–Trinajstić information content (AvgIpc) is 2.56. The van der Waals surface area contributed by atoms with E-state index in [0.29, 0.717) is 11.4 Å². The van der Waals surface area contributed by atoms with Crippen LogP contribution in [-0.2, 0) is 7.05 Å². The topological polar surface area (TPSA) is 44.1 Å².